The lowest BCUT2D eigenvalue weighted by Crippen LogP contribution is -2.35. The van der Waals surface area contributed by atoms with Gasteiger partial charge in [-0.3, -0.25) is 4.31 Å². The van der Waals surface area contributed by atoms with Crippen molar-refractivity contribution < 1.29 is 17.9 Å². The molecule has 1 aliphatic heterocycles. The van der Waals surface area contributed by atoms with E-state index in [-0.39, 0.29) is 10.9 Å². The molecule has 0 aliphatic carbocycles. The van der Waals surface area contributed by atoms with Crippen molar-refractivity contribution >= 4 is 33.1 Å². The Bertz CT molecular complexity index is 1230. The van der Waals surface area contributed by atoms with Crippen molar-refractivity contribution in [2.24, 2.45) is 0 Å². The van der Waals surface area contributed by atoms with Crippen LogP contribution in [-0.2, 0) is 16.4 Å². The van der Waals surface area contributed by atoms with Gasteiger partial charge in [0.15, 0.2) is 0 Å². The Morgan fingerprint density at radius 1 is 0.971 bits per heavy atom. The van der Waals surface area contributed by atoms with E-state index in [1.54, 1.807) is 54.6 Å². The van der Waals surface area contributed by atoms with E-state index in [4.69, 9.17) is 4.74 Å². The van der Waals surface area contributed by atoms with E-state index in [9.17, 15) is 13.2 Å². The molecule has 0 atom stereocenters. The van der Waals surface area contributed by atoms with Crippen LogP contribution in [0.4, 0.5) is 21.9 Å². The topological polar surface area (TPSA) is 87.7 Å². The first-order chi connectivity index (χ1) is 16.5. The van der Waals surface area contributed by atoms with Gasteiger partial charge in [0.2, 0.25) is 0 Å². The summed E-state index contributed by atoms with van der Waals surface area (Å²) in [6.07, 6.45) is 3.52. The molecule has 3 aromatic rings. The van der Waals surface area contributed by atoms with Crippen LogP contribution in [0.1, 0.15) is 31.7 Å². The van der Waals surface area contributed by atoms with Crippen LogP contribution >= 0.6 is 0 Å². The largest absolute Gasteiger partial charge is 0.494 e. The number of urea groups is 1. The number of anilines is 3. The van der Waals surface area contributed by atoms with Crippen LogP contribution in [-0.4, -0.2) is 27.6 Å². The number of aryl methyl sites for hydroxylation is 1. The van der Waals surface area contributed by atoms with Crippen molar-refractivity contribution in [3.8, 4) is 5.75 Å². The number of carbonyl (C=O) groups is 1. The Kier molecular flexibility index (Phi) is 7.37. The molecule has 0 bridgehead atoms. The van der Waals surface area contributed by atoms with E-state index < -0.39 is 10.0 Å². The third-order valence-electron chi connectivity index (χ3n) is 5.62. The van der Waals surface area contributed by atoms with Gasteiger partial charge in [0, 0.05) is 17.9 Å². The first kappa shape index (κ1) is 23.6. The molecule has 0 unspecified atom stereocenters. The summed E-state index contributed by atoms with van der Waals surface area (Å²) in [5, 5.41) is 5.64. The van der Waals surface area contributed by atoms with E-state index in [1.807, 2.05) is 18.2 Å². The summed E-state index contributed by atoms with van der Waals surface area (Å²) in [7, 11) is -3.64. The van der Waals surface area contributed by atoms with Gasteiger partial charge in [0.1, 0.15) is 5.75 Å². The molecular formula is C26H29N3O4S. The molecule has 0 fully saturated rings. The molecule has 0 aromatic heterocycles. The molecule has 0 saturated carbocycles. The maximum Gasteiger partial charge on any atom is 0.323 e. The highest BCUT2D eigenvalue weighted by Crippen LogP contribution is 2.33. The van der Waals surface area contributed by atoms with Gasteiger partial charge in [-0.25, -0.2) is 13.2 Å². The SMILES string of the molecule is CCCCOc1ccc(NC(=O)Nc2ccc3c(c2)CCCN3S(=O)(=O)c2ccccc2)cc1. The summed E-state index contributed by atoms with van der Waals surface area (Å²) >= 11 is 0. The third kappa shape index (κ3) is 5.51. The smallest absolute Gasteiger partial charge is 0.323 e. The van der Waals surface area contributed by atoms with E-state index in [1.165, 1.54) is 4.31 Å². The van der Waals surface area contributed by atoms with Crippen LogP contribution in [0.15, 0.2) is 77.7 Å². The summed E-state index contributed by atoms with van der Waals surface area (Å²) in [5.74, 6) is 0.768. The molecule has 4 rings (SSSR count). The van der Waals surface area contributed by atoms with Gasteiger partial charge >= 0.3 is 6.03 Å². The van der Waals surface area contributed by atoms with Gasteiger partial charge < -0.3 is 15.4 Å². The Hall–Kier alpha value is -3.52. The standard InChI is InChI=1S/C26H29N3O4S/c1-2-3-18-33-23-14-11-21(12-15-23)27-26(30)28-22-13-16-25-20(19-22)8-7-17-29(25)34(31,32)24-9-5-4-6-10-24/h4-6,9-16,19H,2-3,7-8,17-18H2,1H3,(H2,27,28,30). The highest BCUT2D eigenvalue weighted by molar-refractivity contribution is 7.92. The molecule has 2 amide bonds. The molecule has 1 heterocycles. The van der Waals surface area contributed by atoms with Gasteiger partial charge in [-0.05, 0) is 79.4 Å². The lowest BCUT2D eigenvalue weighted by Gasteiger charge is -2.30. The second-order valence-electron chi connectivity index (χ2n) is 8.14. The highest BCUT2D eigenvalue weighted by atomic mass is 32.2. The summed E-state index contributed by atoms with van der Waals surface area (Å²) in [5.41, 5.74) is 2.80. The maximum absolute atomic E-state index is 13.2. The predicted octanol–water partition coefficient (Wildman–Crippen LogP) is 5.65. The van der Waals surface area contributed by atoms with Gasteiger partial charge in [-0.15, -0.1) is 0 Å². The number of hydrogen-bond acceptors (Lipinski definition) is 4. The Labute approximate surface area is 200 Å². The van der Waals surface area contributed by atoms with Crippen LogP contribution in [0.2, 0.25) is 0 Å². The number of fused-ring (bicyclic) bond motifs is 1. The molecule has 178 valence electrons. The Balaban J connectivity index is 1.42. The lowest BCUT2D eigenvalue weighted by molar-refractivity contribution is 0.262. The summed E-state index contributed by atoms with van der Waals surface area (Å²) in [4.78, 5) is 12.8. The van der Waals surface area contributed by atoms with Crippen LogP contribution in [0.3, 0.4) is 0 Å². The normalized spacial score (nSPS) is 13.1. The van der Waals surface area contributed by atoms with Gasteiger partial charge in [0.05, 0.1) is 17.2 Å². The van der Waals surface area contributed by atoms with Crippen molar-refractivity contribution in [3.63, 3.8) is 0 Å². The number of benzene rings is 3. The first-order valence-corrected chi connectivity index (χ1v) is 12.9. The lowest BCUT2D eigenvalue weighted by atomic mass is 10.0. The number of carbonyl (C=O) groups excluding carboxylic acids is 1. The zero-order valence-corrected chi connectivity index (χ0v) is 20.0. The van der Waals surface area contributed by atoms with Gasteiger partial charge in [-0.1, -0.05) is 31.5 Å². The monoisotopic (exact) mass is 479 g/mol. The number of nitrogens with one attached hydrogen (secondary N) is 2. The molecule has 1 aliphatic rings. The number of nitrogens with zero attached hydrogens (tertiary/aromatic N) is 1. The number of rotatable bonds is 8. The van der Waals surface area contributed by atoms with Crippen molar-refractivity contribution in [1.82, 2.24) is 0 Å². The molecule has 2 N–H and O–H groups in total. The van der Waals surface area contributed by atoms with Gasteiger partial charge in [-0.2, -0.15) is 0 Å². The molecule has 34 heavy (non-hydrogen) atoms. The molecule has 0 radical (unpaired) electrons. The highest BCUT2D eigenvalue weighted by Gasteiger charge is 2.29. The van der Waals surface area contributed by atoms with E-state index in [2.05, 4.69) is 17.6 Å². The molecule has 0 spiro atoms. The fraction of sp³-hybridized carbons (Fsp3) is 0.269. The fourth-order valence-electron chi connectivity index (χ4n) is 3.87. The quantitative estimate of drug-likeness (QED) is 0.409. The second-order valence-corrected chi connectivity index (χ2v) is 10.0. The number of ether oxygens (including phenoxy) is 1. The fourth-order valence-corrected chi connectivity index (χ4v) is 5.43. The number of hydrogen-bond donors (Lipinski definition) is 2. The van der Waals surface area contributed by atoms with Crippen LogP contribution < -0.4 is 19.7 Å². The summed E-state index contributed by atoms with van der Waals surface area (Å²) in [6.45, 7) is 3.21. The molecule has 0 saturated heterocycles. The minimum absolute atomic E-state index is 0.270. The van der Waals surface area contributed by atoms with E-state index >= 15 is 0 Å². The van der Waals surface area contributed by atoms with Crippen molar-refractivity contribution in [2.75, 3.05) is 28.1 Å². The van der Waals surface area contributed by atoms with Crippen LogP contribution in [0, 0.1) is 0 Å². The molecule has 8 heteroatoms. The number of amides is 2. The summed E-state index contributed by atoms with van der Waals surface area (Å²) in [6, 6.07) is 20.6. The maximum atomic E-state index is 13.2. The van der Waals surface area contributed by atoms with Crippen LogP contribution in [0.25, 0.3) is 0 Å². The zero-order chi connectivity index (χ0) is 24.0. The first-order valence-electron chi connectivity index (χ1n) is 11.5. The average Bonchev–Trinajstić information content (AvgIpc) is 2.85. The Morgan fingerprint density at radius 3 is 2.41 bits per heavy atom. The molecule has 7 nitrogen and oxygen atoms in total. The van der Waals surface area contributed by atoms with Crippen molar-refractivity contribution in [1.29, 1.82) is 0 Å². The predicted molar refractivity (Wildman–Crippen MR) is 135 cm³/mol. The summed E-state index contributed by atoms with van der Waals surface area (Å²) < 4.78 is 33.4. The minimum atomic E-state index is -3.64. The molecule has 3 aromatic carbocycles. The van der Waals surface area contributed by atoms with Crippen LogP contribution in [0.5, 0.6) is 5.75 Å². The number of unbranched alkanes of at least 4 members (excludes halogenated alkanes) is 1. The van der Waals surface area contributed by atoms with Gasteiger partial charge in [0.25, 0.3) is 10.0 Å². The van der Waals surface area contributed by atoms with E-state index in [0.717, 1.165) is 30.6 Å². The third-order valence-corrected chi connectivity index (χ3v) is 7.45. The zero-order valence-electron chi connectivity index (χ0n) is 19.2. The van der Waals surface area contributed by atoms with Crippen molar-refractivity contribution in [3.05, 3.63) is 78.4 Å². The minimum Gasteiger partial charge on any atom is -0.494 e. The number of sulfonamides is 1. The second kappa shape index (κ2) is 10.6. The Morgan fingerprint density at radius 2 is 1.68 bits per heavy atom. The average molecular weight is 480 g/mol. The van der Waals surface area contributed by atoms with Crippen molar-refractivity contribution in [2.45, 2.75) is 37.5 Å². The molecular weight excluding hydrogens is 450 g/mol. The van der Waals surface area contributed by atoms with E-state index in [0.29, 0.717) is 36.6 Å².